The van der Waals surface area contributed by atoms with Gasteiger partial charge in [0.25, 0.3) is 0 Å². The van der Waals surface area contributed by atoms with Gasteiger partial charge in [-0.1, -0.05) is 66.7 Å². The monoisotopic (exact) mass is 491 g/mol. The lowest BCUT2D eigenvalue weighted by Gasteiger charge is -2.36. The zero-order valence-electron chi connectivity index (χ0n) is 21.5. The molecule has 4 aromatic rings. The number of aryl methyl sites for hydroxylation is 1. The summed E-state index contributed by atoms with van der Waals surface area (Å²) >= 11 is 0. The Morgan fingerprint density at radius 1 is 0.811 bits per heavy atom. The molecule has 0 amide bonds. The minimum atomic E-state index is 0.0616. The van der Waals surface area contributed by atoms with Crippen LogP contribution in [0.4, 0.5) is 0 Å². The van der Waals surface area contributed by atoms with Crippen molar-refractivity contribution in [2.45, 2.75) is 57.4 Å². The van der Waals surface area contributed by atoms with E-state index in [-0.39, 0.29) is 6.04 Å². The molecule has 2 aromatic carbocycles. The van der Waals surface area contributed by atoms with Crippen molar-refractivity contribution >= 4 is 0 Å². The number of nitrogens with two attached hydrogens (primary N) is 1. The SMILES string of the molecule is NC(Cc1ccccc1)CN(Cc1ccc(CNCc2ccccn2)cc1)C1CCCc2cccnc21. The van der Waals surface area contributed by atoms with E-state index in [2.05, 4.69) is 81.9 Å². The minimum absolute atomic E-state index is 0.0616. The van der Waals surface area contributed by atoms with Crippen LogP contribution in [0.5, 0.6) is 0 Å². The molecule has 2 heterocycles. The van der Waals surface area contributed by atoms with Crippen molar-refractivity contribution in [2.75, 3.05) is 6.54 Å². The smallest absolute Gasteiger partial charge is 0.0607 e. The minimum Gasteiger partial charge on any atom is -0.326 e. The number of benzene rings is 2. The van der Waals surface area contributed by atoms with E-state index in [4.69, 9.17) is 10.7 Å². The molecule has 2 atom stereocenters. The van der Waals surface area contributed by atoms with Crippen LogP contribution in [-0.4, -0.2) is 27.5 Å². The Labute approximate surface area is 220 Å². The largest absolute Gasteiger partial charge is 0.326 e. The molecule has 1 aliphatic rings. The number of aromatic nitrogens is 2. The van der Waals surface area contributed by atoms with Gasteiger partial charge in [0, 0.05) is 44.6 Å². The predicted molar refractivity (Wildman–Crippen MR) is 150 cm³/mol. The zero-order valence-corrected chi connectivity index (χ0v) is 21.5. The van der Waals surface area contributed by atoms with E-state index in [0.29, 0.717) is 6.04 Å². The van der Waals surface area contributed by atoms with E-state index in [1.165, 1.54) is 34.4 Å². The van der Waals surface area contributed by atoms with Crippen LogP contribution in [-0.2, 0) is 32.5 Å². The van der Waals surface area contributed by atoms with Gasteiger partial charge in [0.05, 0.1) is 17.4 Å². The summed E-state index contributed by atoms with van der Waals surface area (Å²) in [5.74, 6) is 0. The summed E-state index contributed by atoms with van der Waals surface area (Å²) in [4.78, 5) is 11.8. The maximum Gasteiger partial charge on any atom is 0.0607 e. The lowest BCUT2D eigenvalue weighted by Crippen LogP contribution is -2.41. The summed E-state index contributed by atoms with van der Waals surface area (Å²) in [6.45, 7) is 3.29. The molecule has 1 aliphatic carbocycles. The topological polar surface area (TPSA) is 67.1 Å². The van der Waals surface area contributed by atoms with Crippen LogP contribution in [0.2, 0.25) is 0 Å². The maximum absolute atomic E-state index is 6.74. The van der Waals surface area contributed by atoms with E-state index >= 15 is 0 Å². The van der Waals surface area contributed by atoms with Crippen molar-refractivity contribution < 1.29 is 0 Å². The third-order valence-electron chi connectivity index (χ3n) is 7.19. The number of pyridine rings is 2. The number of nitrogens with zero attached hydrogens (tertiary/aromatic N) is 3. The van der Waals surface area contributed by atoms with E-state index < -0.39 is 0 Å². The molecule has 0 spiro atoms. The van der Waals surface area contributed by atoms with Gasteiger partial charge in [-0.3, -0.25) is 14.9 Å². The van der Waals surface area contributed by atoms with Crippen molar-refractivity contribution in [3.8, 4) is 0 Å². The first-order valence-corrected chi connectivity index (χ1v) is 13.4. The molecule has 190 valence electrons. The fourth-order valence-electron chi connectivity index (χ4n) is 5.36. The third kappa shape index (κ3) is 7.10. The molecule has 2 unspecified atom stereocenters. The quantitative estimate of drug-likeness (QED) is 0.301. The number of nitrogens with one attached hydrogen (secondary N) is 1. The molecule has 37 heavy (non-hydrogen) atoms. The average molecular weight is 492 g/mol. The molecule has 5 heteroatoms. The van der Waals surface area contributed by atoms with Crippen LogP contribution < -0.4 is 11.1 Å². The summed E-state index contributed by atoms with van der Waals surface area (Å²) < 4.78 is 0. The van der Waals surface area contributed by atoms with Gasteiger partial charge >= 0.3 is 0 Å². The van der Waals surface area contributed by atoms with E-state index in [1.807, 2.05) is 30.6 Å². The lowest BCUT2D eigenvalue weighted by atomic mass is 9.90. The number of hydrogen-bond acceptors (Lipinski definition) is 5. The molecule has 5 rings (SSSR count). The normalized spacial score (nSPS) is 15.9. The highest BCUT2D eigenvalue weighted by Crippen LogP contribution is 2.34. The number of fused-ring (bicyclic) bond motifs is 1. The van der Waals surface area contributed by atoms with Gasteiger partial charge in [-0.2, -0.15) is 0 Å². The second kappa shape index (κ2) is 12.7. The van der Waals surface area contributed by atoms with Gasteiger partial charge in [-0.25, -0.2) is 0 Å². The molecule has 0 radical (unpaired) electrons. The highest BCUT2D eigenvalue weighted by atomic mass is 15.2. The van der Waals surface area contributed by atoms with Crippen LogP contribution in [0.25, 0.3) is 0 Å². The molecule has 0 saturated carbocycles. The highest BCUT2D eigenvalue weighted by Gasteiger charge is 2.28. The summed E-state index contributed by atoms with van der Waals surface area (Å²) in [6.07, 6.45) is 8.07. The predicted octanol–water partition coefficient (Wildman–Crippen LogP) is 5.22. The molecular formula is C32H37N5. The molecule has 0 bridgehead atoms. The van der Waals surface area contributed by atoms with Crippen molar-refractivity contribution in [2.24, 2.45) is 5.73 Å². The first-order valence-electron chi connectivity index (χ1n) is 13.4. The van der Waals surface area contributed by atoms with Crippen LogP contribution in [0.1, 0.15) is 52.5 Å². The van der Waals surface area contributed by atoms with Gasteiger partial charge in [0.1, 0.15) is 0 Å². The fraction of sp³-hybridized carbons (Fsp3) is 0.312. The Morgan fingerprint density at radius 3 is 2.41 bits per heavy atom. The number of hydrogen-bond donors (Lipinski definition) is 2. The summed E-state index contributed by atoms with van der Waals surface area (Å²) in [7, 11) is 0. The second-order valence-electron chi connectivity index (χ2n) is 10.1. The van der Waals surface area contributed by atoms with Gasteiger partial charge in [-0.05, 0) is 66.1 Å². The van der Waals surface area contributed by atoms with Crippen LogP contribution in [0.3, 0.4) is 0 Å². The molecule has 0 saturated heterocycles. The van der Waals surface area contributed by atoms with E-state index in [1.54, 1.807) is 0 Å². The van der Waals surface area contributed by atoms with Gasteiger partial charge < -0.3 is 11.1 Å². The summed E-state index contributed by atoms with van der Waals surface area (Å²) in [5.41, 5.74) is 14.3. The summed E-state index contributed by atoms with van der Waals surface area (Å²) in [5, 5.41) is 3.49. The van der Waals surface area contributed by atoms with Crippen molar-refractivity contribution in [1.29, 1.82) is 0 Å². The van der Waals surface area contributed by atoms with Crippen LogP contribution >= 0.6 is 0 Å². The van der Waals surface area contributed by atoms with Crippen molar-refractivity contribution in [1.82, 2.24) is 20.2 Å². The highest BCUT2D eigenvalue weighted by molar-refractivity contribution is 5.27. The molecule has 2 aromatic heterocycles. The Bertz CT molecular complexity index is 1230. The maximum atomic E-state index is 6.74. The first-order chi connectivity index (χ1) is 18.2. The molecule has 0 fully saturated rings. The lowest BCUT2D eigenvalue weighted by molar-refractivity contribution is 0.155. The van der Waals surface area contributed by atoms with Crippen LogP contribution in [0, 0.1) is 0 Å². The Morgan fingerprint density at radius 2 is 1.59 bits per heavy atom. The van der Waals surface area contributed by atoms with Crippen molar-refractivity contribution in [3.05, 3.63) is 131 Å². The third-order valence-corrected chi connectivity index (χ3v) is 7.19. The Kier molecular flexibility index (Phi) is 8.70. The van der Waals surface area contributed by atoms with Crippen LogP contribution in [0.15, 0.2) is 97.3 Å². The Hall–Kier alpha value is -3.38. The number of rotatable bonds is 11. The molecule has 3 N–H and O–H groups in total. The van der Waals surface area contributed by atoms with Gasteiger partial charge in [0.2, 0.25) is 0 Å². The zero-order chi connectivity index (χ0) is 25.3. The van der Waals surface area contributed by atoms with Gasteiger partial charge in [0.15, 0.2) is 0 Å². The van der Waals surface area contributed by atoms with E-state index in [0.717, 1.165) is 51.1 Å². The molecule has 5 nitrogen and oxygen atoms in total. The fourth-order valence-corrected chi connectivity index (χ4v) is 5.36. The standard InChI is InChI=1S/C32H37N5/c33-29(20-25-8-2-1-3-9-25)24-37(31-13-6-10-28-11-7-19-36-32(28)31)23-27-16-14-26(15-17-27)21-34-22-30-12-4-5-18-35-30/h1-5,7-9,11-12,14-19,29,31,34H,6,10,13,20-24,33H2. The molecular weight excluding hydrogens is 454 g/mol. The average Bonchev–Trinajstić information content (AvgIpc) is 2.94. The van der Waals surface area contributed by atoms with Gasteiger partial charge in [-0.15, -0.1) is 0 Å². The summed E-state index contributed by atoms with van der Waals surface area (Å²) in [6, 6.07) is 30.2. The van der Waals surface area contributed by atoms with E-state index in [9.17, 15) is 0 Å². The Balaban J connectivity index is 1.27. The first kappa shape index (κ1) is 25.3. The second-order valence-corrected chi connectivity index (χ2v) is 10.1. The molecule has 0 aliphatic heterocycles. The van der Waals surface area contributed by atoms with Crippen molar-refractivity contribution in [3.63, 3.8) is 0 Å².